The lowest BCUT2D eigenvalue weighted by atomic mass is 10.0. The molecule has 1 aromatic heterocycles. The number of hydrogen-bond acceptors (Lipinski definition) is 4. The van der Waals surface area contributed by atoms with Crippen LogP contribution in [0.5, 0.6) is 0 Å². The lowest BCUT2D eigenvalue weighted by molar-refractivity contribution is 0.574. The Balaban J connectivity index is 2.08. The van der Waals surface area contributed by atoms with Crippen molar-refractivity contribution in [3.8, 4) is 0 Å². The zero-order chi connectivity index (χ0) is 15.1. The van der Waals surface area contributed by atoms with Gasteiger partial charge in [-0.1, -0.05) is 43.0 Å². The van der Waals surface area contributed by atoms with Crippen LogP contribution < -0.4 is 5.32 Å². The maximum Gasteiger partial charge on any atom is 0.187 e. The maximum absolute atomic E-state index is 4.47. The van der Waals surface area contributed by atoms with Crippen LogP contribution in [-0.2, 0) is 0 Å². The van der Waals surface area contributed by atoms with Gasteiger partial charge in [0.15, 0.2) is 5.16 Å². The topological polar surface area (TPSA) is 37.8 Å². The standard InChI is InChI=1S/C17H23N3S/c1-4-10-18-16(15-8-6-5-7-13(15)2)12-21-17-19-11-9-14(3)20-17/h5-9,11,16,18H,4,10,12H2,1-3H3. The molecule has 0 aliphatic carbocycles. The van der Waals surface area contributed by atoms with Gasteiger partial charge in [0, 0.05) is 23.7 Å². The van der Waals surface area contributed by atoms with Gasteiger partial charge in [0.1, 0.15) is 0 Å². The van der Waals surface area contributed by atoms with Crippen LogP contribution in [0.15, 0.2) is 41.7 Å². The minimum atomic E-state index is 0.334. The highest BCUT2D eigenvalue weighted by molar-refractivity contribution is 7.99. The average molecular weight is 301 g/mol. The van der Waals surface area contributed by atoms with Crippen molar-refractivity contribution in [2.75, 3.05) is 12.3 Å². The van der Waals surface area contributed by atoms with Gasteiger partial charge in [0.25, 0.3) is 0 Å². The lowest BCUT2D eigenvalue weighted by Crippen LogP contribution is -2.25. The van der Waals surface area contributed by atoms with Crippen molar-refractivity contribution in [3.05, 3.63) is 53.3 Å². The highest BCUT2D eigenvalue weighted by Gasteiger charge is 2.14. The summed E-state index contributed by atoms with van der Waals surface area (Å²) in [5, 5.41) is 4.49. The van der Waals surface area contributed by atoms with E-state index in [2.05, 4.69) is 53.4 Å². The van der Waals surface area contributed by atoms with E-state index < -0.39 is 0 Å². The molecule has 2 rings (SSSR count). The highest BCUT2D eigenvalue weighted by atomic mass is 32.2. The van der Waals surface area contributed by atoms with Gasteiger partial charge in [0.05, 0.1) is 0 Å². The Kier molecular flexibility index (Phi) is 6.21. The van der Waals surface area contributed by atoms with Crippen LogP contribution in [0.2, 0.25) is 0 Å². The van der Waals surface area contributed by atoms with Crippen molar-refractivity contribution in [2.45, 2.75) is 38.4 Å². The molecule has 0 saturated carbocycles. The third-order valence-electron chi connectivity index (χ3n) is 3.36. The van der Waals surface area contributed by atoms with Gasteiger partial charge in [-0.2, -0.15) is 0 Å². The fourth-order valence-electron chi connectivity index (χ4n) is 2.21. The molecule has 1 heterocycles. The third-order valence-corrected chi connectivity index (χ3v) is 4.31. The molecule has 1 aromatic carbocycles. The first-order chi connectivity index (χ1) is 10.2. The fraction of sp³-hybridized carbons (Fsp3) is 0.412. The molecule has 0 amide bonds. The summed E-state index contributed by atoms with van der Waals surface area (Å²) in [5.41, 5.74) is 3.71. The summed E-state index contributed by atoms with van der Waals surface area (Å²) < 4.78 is 0. The number of aryl methyl sites for hydroxylation is 2. The first kappa shape index (κ1) is 16.0. The molecule has 0 bridgehead atoms. The van der Waals surface area contributed by atoms with Crippen molar-refractivity contribution >= 4 is 11.8 Å². The molecular weight excluding hydrogens is 278 g/mol. The van der Waals surface area contributed by atoms with Gasteiger partial charge < -0.3 is 5.32 Å². The quantitative estimate of drug-likeness (QED) is 0.621. The van der Waals surface area contributed by atoms with Crippen LogP contribution in [0, 0.1) is 13.8 Å². The van der Waals surface area contributed by atoms with Crippen LogP contribution in [-0.4, -0.2) is 22.3 Å². The van der Waals surface area contributed by atoms with Crippen LogP contribution in [0.1, 0.15) is 36.2 Å². The number of aromatic nitrogens is 2. The van der Waals surface area contributed by atoms with Gasteiger partial charge in [-0.05, 0) is 44.0 Å². The summed E-state index contributed by atoms with van der Waals surface area (Å²) in [6.45, 7) is 7.39. The Hall–Kier alpha value is -1.39. The first-order valence-corrected chi connectivity index (χ1v) is 8.40. The highest BCUT2D eigenvalue weighted by Crippen LogP contribution is 2.24. The van der Waals surface area contributed by atoms with Crippen molar-refractivity contribution < 1.29 is 0 Å². The summed E-state index contributed by atoms with van der Waals surface area (Å²) >= 11 is 1.71. The molecular formula is C17H23N3S. The number of nitrogens with one attached hydrogen (secondary N) is 1. The largest absolute Gasteiger partial charge is 0.309 e. The molecule has 1 N–H and O–H groups in total. The second-order valence-corrected chi connectivity index (χ2v) is 6.14. The van der Waals surface area contributed by atoms with E-state index in [1.165, 1.54) is 11.1 Å². The van der Waals surface area contributed by atoms with E-state index in [0.29, 0.717) is 6.04 Å². The number of thioether (sulfide) groups is 1. The Morgan fingerprint density at radius 2 is 2.00 bits per heavy atom. The SMILES string of the molecule is CCCNC(CSc1nccc(C)n1)c1ccccc1C. The van der Waals surface area contributed by atoms with Crippen LogP contribution in [0.25, 0.3) is 0 Å². The zero-order valence-electron chi connectivity index (χ0n) is 13.0. The Labute approximate surface area is 131 Å². The van der Waals surface area contributed by atoms with Crippen molar-refractivity contribution in [1.29, 1.82) is 0 Å². The Morgan fingerprint density at radius 3 is 2.71 bits per heavy atom. The second kappa shape index (κ2) is 8.15. The smallest absolute Gasteiger partial charge is 0.187 e. The first-order valence-electron chi connectivity index (χ1n) is 7.42. The molecule has 0 aliphatic heterocycles. The monoisotopic (exact) mass is 301 g/mol. The van der Waals surface area contributed by atoms with Crippen LogP contribution >= 0.6 is 11.8 Å². The van der Waals surface area contributed by atoms with Crippen molar-refractivity contribution in [1.82, 2.24) is 15.3 Å². The lowest BCUT2D eigenvalue weighted by Gasteiger charge is -2.20. The molecule has 1 atom stereocenters. The molecule has 21 heavy (non-hydrogen) atoms. The number of benzene rings is 1. The predicted octanol–water partition coefficient (Wildman–Crippen LogP) is 3.93. The Morgan fingerprint density at radius 1 is 1.19 bits per heavy atom. The normalized spacial score (nSPS) is 12.3. The minimum Gasteiger partial charge on any atom is -0.309 e. The molecule has 0 radical (unpaired) electrons. The van der Waals surface area contributed by atoms with Crippen molar-refractivity contribution in [2.24, 2.45) is 0 Å². The summed E-state index contributed by atoms with van der Waals surface area (Å²) in [4.78, 5) is 8.80. The van der Waals surface area contributed by atoms with E-state index in [0.717, 1.165) is 29.6 Å². The summed E-state index contributed by atoms with van der Waals surface area (Å²) in [6, 6.07) is 10.8. The average Bonchev–Trinajstić information content (AvgIpc) is 2.48. The van der Waals surface area contributed by atoms with Gasteiger partial charge in [-0.15, -0.1) is 0 Å². The number of rotatable bonds is 7. The number of nitrogens with zero attached hydrogens (tertiary/aromatic N) is 2. The second-order valence-electron chi connectivity index (χ2n) is 5.15. The van der Waals surface area contributed by atoms with Crippen LogP contribution in [0.4, 0.5) is 0 Å². The van der Waals surface area contributed by atoms with E-state index in [-0.39, 0.29) is 0 Å². The molecule has 1 unspecified atom stereocenters. The minimum absolute atomic E-state index is 0.334. The van der Waals surface area contributed by atoms with E-state index >= 15 is 0 Å². The zero-order valence-corrected chi connectivity index (χ0v) is 13.8. The van der Waals surface area contributed by atoms with Gasteiger partial charge in [0.2, 0.25) is 0 Å². The molecule has 0 spiro atoms. The van der Waals surface area contributed by atoms with Gasteiger partial charge >= 0.3 is 0 Å². The summed E-state index contributed by atoms with van der Waals surface area (Å²) in [7, 11) is 0. The van der Waals surface area contributed by atoms with Crippen LogP contribution in [0.3, 0.4) is 0 Å². The molecule has 0 fully saturated rings. The fourth-order valence-corrected chi connectivity index (χ4v) is 3.17. The summed E-state index contributed by atoms with van der Waals surface area (Å²) in [6.07, 6.45) is 2.96. The molecule has 112 valence electrons. The number of hydrogen-bond donors (Lipinski definition) is 1. The van der Waals surface area contributed by atoms with Gasteiger partial charge in [-0.25, -0.2) is 9.97 Å². The summed E-state index contributed by atoms with van der Waals surface area (Å²) in [5.74, 6) is 0.939. The molecule has 3 nitrogen and oxygen atoms in total. The molecule has 4 heteroatoms. The van der Waals surface area contributed by atoms with E-state index in [1.807, 2.05) is 19.2 Å². The molecule has 0 saturated heterocycles. The van der Waals surface area contributed by atoms with Gasteiger partial charge in [-0.3, -0.25) is 0 Å². The van der Waals surface area contributed by atoms with E-state index in [4.69, 9.17) is 0 Å². The Bertz CT molecular complexity index is 571. The van der Waals surface area contributed by atoms with Crippen molar-refractivity contribution in [3.63, 3.8) is 0 Å². The molecule has 2 aromatic rings. The van der Waals surface area contributed by atoms with E-state index in [9.17, 15) is 0 Å². The predicted molar refractivity (Wildman–Crippen MR) is 89.7 cm³/mol. The third kappa shape index (κ3) is 4.83. The maximum atomic E-state index is 4.47. The van der Waals surface area contributed by atoms with E-state index in [1.54, 1.807) is 11.8 Å². The molecule has 0 aliphatic rings.